The Kier molecular flexibility index (Phi) is 8.71. The number of rotatable bonds is 4. The van der Waals surface area contributed by atoms with Crippen LogP contribution in [0.4, 0.5) is 18.9 Å². The van der Waals surface area contributed by atoms with Gasteiger partial charge in [-0.2, -0.15) is 13.2 Å². The standard InChI is InChI=1S/C14H16F3N.C3H4/c1-3-4-11(9-10-14(15,16)17)12-5-7-13(18-2)8-6-12;1-3-2/h3-9,18H,10H2,1-2H3;1H,2H3/b4-3-,11-9+;. The number of allylic oxidation sites excluding steroid dienone is 4. The quantitative estimate of drug-likeness (QED) is 0.588. The van der Waals surface area contributed by atoms with Crippen LogP contribution in [0.3, 0.4) is 0 Å². The van der Waals surface area contributed by atoms with Crippen LogP contribution in [0.15, 0.2) is 42.5 Å². The molecule has 0 aliphatic rings. The van der Waals surface area contributed by atoms with Gasteiger partial charge in [0, 0.05) is 12.7 Å². The van der Waals surface area contributed by atoms with Crippen LogP contribution in [-0.2, 0) is 0 Å². The van der Waals surface area contributed by atoms with Gasteiger partial charge in [-0.25, -0.2) is 0 Å². The highest BCUT2D eigenvalue weighted by Gasteiger charge is 2.25. The van der Waals surface area contributed by atoms with E-state index in [0.717, 1.165) is 11.3 Å². The van der Waals surface area contributed by atoms with Gasteiger partial charge in [-0.1, -0.05) is 30.4 Å². The van der Waals surface area contributed by atoms with E-state index in [1.807, 2.05) is 12.1 Å². The first-order chi connectivity index (χ1) is 9.87. The molecule has 114 valence electrons. The third-order valence-electron chi connectivity index (χ3n) is 2.41. The maximum atomic E-state index is 12.2. The molecule has 0 fully saturated rings. The lowest BCUT2D eigenvalue weighted by atomic mass is 10.0. The molecule has 4 heteroatoms. The summed E-state index contributed by atoms with van der Waals surface area (Å²) in [6, 6.07) is 7.27. The monoisotopic (exact) mass is 295 g/mol. The van der Waals surface area contributed by atoms with E-state index in [-0.39, 0.29) is 0 Å². The Balaban J connectivity index is 0.00000122. The average Bonchev–Trinajstić information content (AvgIpc) is 2.43. The molecular weight excluding hydrogens is 275 g/mol. The van der Waals surface area contributed by atoms with Crippen molar-refractivity contribution in [3.05, 3.63) is 48.1 Å². The van der Waals surface area contributed by atoms with E-state index in [2.05, 4.69) is 17.7 Å². The lowest BCUT2D eigenvalue weighted by molar-refractivity contribution is -0.124. The molecule has 0 aromatic heterocycles. The number of terminal acetylenes is 1. The summed E-state index contributed by atoms with van der Waals surface area (Å²) in [5.41, 5.74) is 2.28. The molecule has 0 heterocycles. The fraction of sp³-hybridized carbons (Fsp3) is 0.294. The van der Waals surface area contributed by atoms with Crippen molar-refractivity contribution in [3.63, 3.8) is 0 Å². The molecule has 0 aliphatic heterocycles. The van der Waals surface area contributed by atoms with Crippen LogP contribution in [0.2, 0.25) is 0 Å². The molecule has 1 N–H and O–H groups in total. The van der Waals surface area contributed by atoms with Crippen LogP contribution in [0.5, 0.6) is 0 Å². The van der Waals surface area contributed by atoms with Gasteiger partial charge in [0.1, 0.15) is 0 Å². The fourth-order valence-electron chi connectivity index (χ4n) is 1.52. The Labute approximate surface area is 124 Å². The summed E-state index contributed by atoms with van der Waals surface area (Å²) in [4.78, 5) is 0. The predicted molar refractivity (Wildman–Crippen MR) is 84.0 cm³/mol. The van der Waals surface area contributed by atoms with Crippen molar-refractivity contribution in [1.29, 1.82) is 0 Å². The van der Waals surface area contributed by atoms with Gasteiger partial charge in [0.05, 0.1) is 6.42 Å². The summed E-state index contributed by atoms with van der Waals surface area (Å²) in [6.45, 7) is 3.43. The Morgan fingerprint density at radius 3 is 2.19 bits per heavy atom. The van der Waals surface area contributed by atoms with Gasteiger partial charge in [-0.3, -0.25) is 0 Å². The van der Waals surface area contributed by atoms with Gasteiger partial charge in [0.25, 0.3) is 0 Å². The van der Waals surface area contributed by atoms with Crippen molar-refractivity contribution >= 4 is 11.3 Å². The lowest BCUT2D eigenvalue weighted by Gasteiger charge is -2.07. The zero-order valence-electron chi connectivity index (χ0n) is 12.5. The molecule has 0 unspecified atom stereocenters. The fourth-order valence-corrected chi connectivity index (χ4v) is 1.52. The average molecular weight is 295 g/mol. The summed E-state index contributed by atoms with van der Waals surface area (Å²) >= 11 is 0. The molecule has 0 bridgehead atoms. The molecule has 0 saturated carbocycles. The summed E-state index contributed by atoms with van der Waals surface area (Å²) < 4.78 is 36.6. The molecule has 0 radical (unpaired) electrons. The van der Waals surface area contributed by atoms with E-state index in [4.69, 9.17) is 0 Å². The van der Waals surface area contributed by atoms with Crippen LogP contribution < -0.4 is 5.32 Å². The Morgan fingerprint density at radius 2 is 1.81 bits per heavy atom. The van der Waals surface area contributed by atoms with Crippen molar-refractivity contribution < 1.29 is 13.2 Å². The van der Waals surface area contributed by atoms with Gasteiger partial charge in [0.15, 0.2) is 0 Å². The van der Waals surface area contributed by atoms with E-state index in [1.165, 1.54) is 6.08 Å². The van der Waals surface area contributed by atoms with Crippen LogP contribution in [0.1, 0.15) is 25.8 Å². The first-order valence-electron chi connectivity index (χ1n) is 6.43. The molecule has 0 spiro atoms. The van der Waals surface area contributed by atoms with E-state index in [0.29, 0.717) is 5.57 Å². The molecule has 0 aliphatic carbocycles. The van der Waals surface area contributed by atoms with Gasteiger partial charge >= 0.3 is 6.18 Å². The minimum atomic E-state index is -4.17. The first-order valence-corrected chi connectivity index (χ1v) is 6.43. The van der Waals surface area contributed by atoms with Crippen LogP contribution >= 0.6 is 0 Å². The highest BCUT2D eigenvalue weighted by molar-refractivity contribution is 5.74. The molecular formula is C17H20F3N. The zero-order chi connectivity index (χ0) is 16.3. The molecule has 1 aromatic carbocycles. The largest absolute Gasteiger partial charge is 0.392 e. The number of alkyl halides is 3. The molecule has 0 saturated heterocycles. The minimum Gasteiger partial charge on any atom is -0.388 e. The predicted octanol–water partition coefficient (Wildman–Crippen LogP) is 5.28. The maximum Gasteiger partial charge on any atom is 0.392 e. The topological polar surface area (TPSA) is 12.0 Å². The van der Waals surface area contributed by atoms with Crippen LogP contribution in [0.25, 0.3) is 5.57 Å². The number of benzene rings is 1. The molecule has 1 aromatic rings. The number of hydrogen-bond acceptors (Lipinski definition) is 1. The van der Waals surface area contributed by atoms with Crippen molar-refractivity contribution in [1.82, 2.24) is 0 Å². The summed E-state index contributed by atoms with van der Waals surface area (Å²) in [6.07, 6.45) is 4.13. The SMILES string of the molecule is C#CC.C/C=C\C(=C/CC(F)(F)F)c1ccc(NC)cc1. The number of nitrogens with one attached hydrogen (secondary N) is 1. The lowest BCUT2D eigenvalue weighted by Crippen LogP contribution is -2.04. The third kappa shape index (κ3) is 8.59. The second-order valence-electron chi connectivity index (χ2n) is 4.09. The molecule has 0 atom stereocenters. The summed E-state index contributed by atoms with van der Waals surface area (Å²) in [5, 5.41) is 2.96. The highest BCUT2D eigenvalue weighted by Crippen LogP contribution is 2.25. The van der Waals surface area contributed by atoms with Crippen molar-refractivity contribution in [2.24, 2.45) is 0 Å². The first kappa shape index (κ1) is 18.9. The molecule has 1 nitrogen and oxygen atoms in total. The molecule has 0 amide bonds. The van der Waals surface area contributed by atoms with Gasteiger partial charge in [0.2, 0.25) is 0 Å². The summed E-state index contributed by atoms with van der Waals surface area (Å²) in [5.74, 6) is 2.25. The second kappa shape index (κ2) is 9.71. The van der Waals surface area contributed by atoms with E-state index >= 15 is 0 Å². The number of anilines is 1. The zero-order valence-corrected chi connectivity index (χ0v) is 12.5. The van der Waals surface area contributed by atoms with Crippen molar-refractivity contribution in [3.8, 4) is 12.3 Å². The minimum absolute atomic E-state index is 0.581. The normalized spacial score (nSPS) is 11.6. The van der Waals surface area contributed by atoms with Gasteiger partial charge in [-0.05, 0) is 37.1 Å². The van der Waals surface area contributed by atoms with E-state index < -0.39 is 12.6 Å². The van der Waals surface area contributed by atoms with E-state index in [1.54, 1.807) is 45.2 Å². The van der Waals surface area contributed by atoms with Crippen LogP contribution in [-0.4, -0.2) is 13.2 Å². The van der Waals surface area contributed by atoms with Crippen LogP contribution in [0, 0.1) is 12.3 Å². The smallest absolute Gasteiger partial charge is 0.388 e. The molecule has 21 heavy (non-hydrogen) atoms. The number of halogens is 3. The Hall–Kier alpha value is -2.15. The molecule has 1 rings (SSSR count). The highest BCUT2D eigenvalue weighted by atomic mass is 19.4. The Morgan fingerprint density at radius 1 is 1.29 bits per heavy atom. The third-order valence-corrected chi connectivity index (χ3v) is 2.41. The number of hydrogen-bond donors (Lipinski definition) is 1. The maximum absolute atomic E-state index is 12.2. The Bertz CT molecular complexity index is 502. The summed E-state index contributed by atoms with van der Waals surface area (Å²) in [7, 11) is 1.79. The van der Waals surface area contributed by atoms with Crippen molar-refractivity contribution in [2.75, 3.05) is 12.4 Å². The van der Waals surface area contributed by atoms with Gasteiger partial charge < -0.3 is 5.32 Å². The van der Waals surface area contributed by atoms with E-state index in [9.17, 15) is 13.2 Å². The second-order valence-corrected chi connectivity index (χ2v) is 4.09. The van der Waals surface area contributed by atoms with Gasteiger partial charge in [-0.15, -0.1) is 12.3 Å². The van der Waals surface area contributed by atoms with Crippen molar-refractivity contribution in [2.45, 2.75) is 26.4 Å².